The van der Waals surface area contributed by atoms with Crippen LogP contribution < -0.4 is 0 Å². The van der Waals surface area contributed by atoms with Gasteiger partial charge in [-0.1, -0.05) is 32.9 Å². The number of pyridine rings is 1. The van der Waals surface area contributed by atoms with Gasteiger partial charge in [0.15, 0.2) is 11.5 Å². The number of carbonyl (C=O) groups excluding carboxylic acids is 1. The summed E-state index contributed by atoms with van der Waals surface area (Å²) < 4.78 is 7.57. The lowest BCUT2D eigenvalue weighted by Crippen LogP contribution is -2.34. The van der Waals surface area contributed by atoms with Crippen molar-refractivity contribution in [2.24, 2.45) is 11.8 Å². The minimum atomic E-state index is -0.250. The van der Waals surface area contributed by atoms with Crippen LogP contribution in [0.3, 0.4) is 0 Å². The van der Waals surface area contributed by atoms with Gasteiger partial charge in [0.2, 0.25) is 0 Å². The topological polar surface area (TPSA) is 117 Å². The summed E-state index contributed by atoms with van der Waals surface area (Å²) >= 11 is 0. The number of rotatable bonds is 12. The molecule has 1 aliphatic rings. The predicted octanol–water partition coefficient (Wildman–Crippen LogP) is 4.96. The van der Waals surface area contributed by atoms with Gasteiger partial charge in [-0.15, -0.1) is 0 Å². The second-order valence-electron chi connectivity index (χ2n) is 11.1. The molecule has 1 amide bonds. The average Bonchev–Trinajstić information content (AvgIpc) is 3.64. The van der Waals surface area contributed by atoms with E-state index < -0.39 is 0 Å². The van der Waals surface area contributed by atoms with Crippen LogP contribution in [0.2, 0.25) is 0 Å². The first-order valence-electron chi connectivity index (χ1n) is 14.1. The van der Waals surface area contributed by atoms with Crippen molar-refractivity contribution in [1.82, 2.24) is 29.3 Å². The third-order valence-corrected chi connectivity index (χ3v) is 7.02. The van der Waals surface area contributed by atoms with Crippen LogP contribution in [-0.2, 0) is 11.2 Å². The lowest BCUT2D eigenvalue weighted by Gasteiger charge is -2.24. The van der Waals surface area contributed by atoms with E-state index >= 15 is 0 Å². The molecule has 10 heteroatoms. The summed E-state index contributed by atoms with van der Waals surface area (Å²) in [7, 11) is 0. The summed E-state index contributed by atoms with van der Waals surface area (Å²) in [6.45, 7) is 15.4. The summed E-state index contributed by atoms with van der Waals surface area (Å²) in [5, 5.41) is 10.9. The Hall–Kier alpha value is -3.27. The van der Waals surface area contributed by atoms with Crippen molar-refractivity contribution in [3.63, 3.8) is 0 Å². The number of amides is 1. The highest BCUT2D eigenvalue weighted by molar-refractivity contribution is 5.94. The summed E-state index contributed by atoms with van der Waals surface area (Å²) in [5.74, 6) is 2.23. The Bertz CT molecular complexity index is 1180. The van der Waals surface area contributed by atoms with Gasteiger partial charge in [-0.2, -0.15) is 4.98 Å². The van der Waals surface area contributed by atoms with E-state index in [0.29, 0.717) is 29.1 Å². The Morgan fingerprint density at radius 2 is 1.74 bits per heavy atom. The summed E-state index contributed by atoms with van der Waals surface area (Å²) in [6.07, 6.45) is 8.38. The van der Waals surface area contributed by atoms with Gasteiger partial charge >= 0.3 is 0 Å². The standard InChI is InChI=1S/C28H42N6O2.CH2O2/c1-20(2)12-17-33(18-13-21(3)4)28(35)23-10-11-25-30-26(27-29-22(5)31-36-27)24(34(25)19-23)9-8-16-32-14-6-7-15-32;2-1-3/h10-11,19-21H,6-9,12-18H2,1-5H3;1H,(H,2,3). The van der Waals surface area contributed by atoms with Crippen LogP contribution in [-0.4, -0.2) is 79.5 Å². The van der Waals surface area contributed by atoms with Crippen molar-refractivity contribution in [1.29, 1.82) is 0 Å². The monoisotopic (exact) mass is 540 g/mol. The van der Waals surface area contributed by atoms with E-state index in [0.717, 1.165) is 62.4 Å². The van der Waals surface area contributed by atoms with Crippen LogP contribution in [0.15, 0.2) is 22.9 Å². The van der Waals surface area contributed by atoms with Gasteiger partial charge in [0.25, 0.3) is 18.3 Å². The highest BCUT2D eigenvalue weighted by atomic mass is 16.5. The first-order chi connectivity index (χ1) is 18.7. The molecule has 3 aromatic rings. The van der Waals surface area contributed by atoms with Gasteiger partial charge in [0, 0.05) is 19.3 Å². The molecule has 1 saturated heterocycles. The lowest BCUT2D eigenvalue weighted by atomic mass is 10.1. The first kappa shape index (κ1) is 30.3. The van der Waals surface area contributed by atoms with Crippen molar-refractivity contribution in [2.45, 2.75) is 73.1 Å². The predicted molar refractivity (Wildman–Crippen MR) is 151 cm³/mol. The number of hydrogen-bond donors (Lipinski definition) is 1. The fraction of sp³-hybridized carbons (Fsp3) is 0.621. The van der Waals surface area contributed by atoms with Crippen LogP contribution in [0, 0.1) is 18.8 Å². The van der Waals surface area contributed by atoms with E-state index in [-0.39, 0.29) is 12.4 Å². The quantitative estimate of drug-likeness (QED) is 0.321. The molecule has 0 unspecified atom stereocenters. The number of fused-ring (bicyclic) bond motifs is 1. The average molecular weight is 541 g/mol. The molecule has 0 radical (unpaired) electrons. The van der Waals surface area contributed by atoms with Crippen LogP contribution in [0.1, 0.15) is 81.7 Å². The molecule has 39 heavy (non-hydrogen) atoms. The maximum atomic E-state index is 13.6. The van der Waals surface area contributed by atoms with E-state index in [1.165, 1.54) is 25.9 Å². The van der Waals surface area contributed by atoms with Crippen LogP contribution in [0.4, 0.5) is 0 Å². The molecule has 10 nitrogen and oxygen atoms in total. The van der Waals surface area contributed by atoms with Crippen molar-refractivity contribution >= 4 is 18.0 Å². The Labute approximate surface area is 231 Å². The molecule has 4 rings (SSSR count). The maximum absolute atomic E-state index is 13.6. The van der Waals surface area contributed by atoms with Gasteiger partial charge < -0.3 is 23.8 Å². The molecule has 0 aromatic carbocycles. The zero-order valence-electron chi connectivity index (χ0n) is 24.1. The third kappa shape index (κ3) is 8.61. The molecule has 0 saturated carbocycles. The molecule has 0 atom stereocenters. The Kier molecular flexibility index (Phi) is 11.5. The van der Waals surface area contributed by atoms with Gasteiger partial charge in [-0.3, -0.25) is 9.59 Å². The molecule has 1 aliphatic heterocycles. The molecule has 214 valence electrons. The number of carboxylic acid groups (broad SMARTS) is 1. The summed E-state index contributed by atoms with van der Waals surface area (Å²) in [4.78, 5) is 35.8. The fourth-order valence-corrected chi connectivity index (χ4v) is 4.83. The van der Waals surface area contributed by atoms with Gasteiger partial charge in [0.1, 0.15) is 5.65 Å². The van der Waals surface area contributed by atoms with Crippen LogP contribution >= 0.6 is 0 Å². The van der Waals surface area contributed by atoms with Crippen molar-refractivity contribution < 1.29 is 19.2 Å². The van der Waals surface area contributed by atoms with Crippen molar-refractivity contribution in [2.75, 3.05) is 32.7 Å². The number of carbonyl (C=O) groups is 2. The Balaban J connectivity index is 0.00000134. The number of aryl methyl sites for hydroxylation is 2. The molecule has 1 N–H and O–H groups in total. The van der Waals surface area contributed by atoms with Crippen LogP contribution in [0.5, 0.6) is 0 Å². The van der Waals surface area contributed by atoms with Gasteiger partial charge in [0.05, 0.1) is 11.3 Å². The van der Waals surface area contributed by atoms with E-state index in [1.54, 1.807) is 0 Å². The maximum Gasteiger partial charge on any atom is 0.290 e. The zero-order valence-corrected chi connectivity index (χ0v) is 24.1. The van der Waals surface area contributed by atoms with Crippen molar-refractivity contribution in [3.8, 4) is 11.6 Å². The SMILES string of the molecule is Cc1noc(-c2nc3ccc(C(=O)N(CCC(C)C)CCC(C)C)cn3c2CCCN2CCCC2)n1.O=CO. The van der Waals surface area contributed by atoms with E-state index in [9.17, 15) is 4.79 Å². The normalized spacial score (nSPS) is 13.7. The number of hydrogen-bond acceptors (Lipinski definition) is 7. The van der Waals surface area contributed by atoms with Gasteiger partial charge in [-0.05, 0) is 89.1 Å². The Morgan fingerprint density at radius 3 is 2.31 bits per heavy atom. The lowest BCUT2D eigenvalue weighted by molar-refractivity contribution is -0.122. The molecule has 0 spiro atoms. The summed E-state index contributed by atoms with van der Waals surface area (Å²) in [5.41, 5.74) is 3.24. The smallest absolute Gasteiger partial charge is 0.290 e. The molecular weight excluding hydrogens is 496 g/mol. The molecule has 1 fully saturated rings. The second kappa shape index (κ2) is 14.8. The number of nitrogens with zero attached hydrogens (tertiary/aromatic N) is 6. The number of imidazole rings is 1. The largest absolute Gasteiger partial charge is 0.483 e. The van der Waals surface area contributed by atoms with Gasteiger partial charge in [-0.25, -0.2) is 4.98 Å². The van der Waals surface area contributed by atoms with Crippen LogP contribution in [0.25, 0.3) is 17.2 Å². The van der Waals surface area contributed by atoms with E-state index in [4.69, 9.17) is 19.4 Å². The molecule has 0 bridgehead atoms. The highest BCUT2D eigenvalue weighted by Crippen LogP contribution is 2.26. The number of aromatic nitrogens is 4. The molecular formula is C29H44N6O4. The third-order valence-electron chi connectivity index (χ3n) is 7.02. The molecule has 4 heterocycles. The molecule has 3 aromatic heterocycles. The van der Waals surface area contributed by atoms with E-state index in [1.807, 2.05) is 30.2 Å². The highest BCUT2D eigenvalue weighted by Gasteiger charge is 2.22. The number of likely N-dealkylation sites (tertiary alicyclic amines) is 1. The molecule has 0 aliphatic carbocycles. The fourth-order valence-electron chi connectivity index (χ4n) is 4.83. The summed E-state index contributed by atoms with van der Waals surface area (Å²) in [6, 6.07) is 3.84. The van der Waals surface area contributed by atoms with Crippen molar-refractivity contribution in [3.05, 3.63) is 35.4 Å². The zero-order chi connectivity index (χ0) is 28.4. The second-order valence-corrected chi connectivity index (χ2v) is 11.1. The Morgan fingerprint density at radius 1 is 1.10 bits per heavy atom. The minimum Gasteiger partial charge on any atom is -0.483 e. The first-order valence-corrected chi connectivity index (χ1v) is 14.1. The minimum absolute atomic E-state index is 0.0881. The van der Waals surface area contributed by atoms with E-state index in [2.05, 4.69) is 47.1 Å².